The fourth-order valence-electron chi connectivity index (χ4n) is 1.99. The maximum atomic E-state index is 5.98. The molecule has 0 amide bonds. The smallest absolute Gasteiger partial charge is 0.0720 e. The van der Waals surface area contributed by atoms with E-state index >= 15 is 0 Å². The zero-order valence-corrected chi connectivity index (χ0v) is 10.9. The molecule has 1 heteroatoms. The number of rotatable bonds is 6. The van der Waals surface area contributed by atoms with Gasteiger partial charge in [0.05, 0.1) is 12.7 Å². The van der Waals surface area contributed by atoms with Gasteiger partial charge in [0.2, 0.25) is 0 Å². The van der Waals surface area contributed by atoms with Crippen molar-refractivity contribution in [1.29, 1.82) is 0 Å². The summed E-state index contributed by atoms with van der Waals surface area (Å²) in [7, 11) is 0. The van der Waals surface area contributed by atoms with Crippen LogP contribution in [-0.2, 0) is 17.8 Å². The van der Waals surface area contributed by atoms with Crippen molar-refractivity contribution in [3.05, 3.63) is 71.8 Å². The monoisotopic (exact) mass is 240 g/mol. The molecule has 18 heavy (non-hydrogen) atoms. The maximum absolute atomic E-state index is 5.98. The lowest BCUT2D eigenvalue weighted by Crippen LogP contribution is -2.14. The van der Waals surface area contributed by atoms with Crippen LogP contribution in [0.1, 0.15) is 24.5 Å². The molecule has 2 aromatic carbocycles. The molecule has 2 aromatic rings. The second-order valence-electron chi connectivity index (χ2n) is 4.52. The molecule has 0 saturated heterocycles. The average Bonchev–Trinajstić information content (AvgIpc) is 2.45. The lowest BCUT2D eigenvalue weighted by atomic mass is 10.1. The summed E-state index contributed by atoms with van der Waals surface area (Å²) in [6, 6.07) is 20.9. The minimum absolute atomic E-state index is 0.299. The molecule has 1 unspecified atom stereocenters. The third-order valence-corrected chi connectivity index (χ3v) is 3.09. The van der Waals surface area contributed by atoms with Crippen molar-refractivity contribution in [2.75, 3.05) is 0 Å². The van der Waals surface area contributed by atoms with Gasteiger partial charge in [0, 0.05) is 0 Å². The first kappa shape index (κ1) is 12.8. The molecule has 0 aliphatic heterocycles. The van der Waals surface area contributed by atoms with E-state index in [2.05, 4.69) is 61.5 Å². The second-order valence-corrected chi connectivity index (χ2v) is 4.52. The van der Waals surface area contributed by atoms with E-state index in [1.54, 1.807) is 0 Å². The topological polar surface area (TPSA) is 9.23 Å². The SMILES string of the molecule is CCC(Cc1ccccc1)OCc1ccccc1. The summed E-state index contributed by atoms with van der Waals surface area (Å²) in [4.78, 5) is 0. The number of ether oxygens (including phenoxy) is 1. The Hall–Kier alpha value is -1.60. The molecule has 0 bridgehead atoms. The van der Waals surface area contributed by atoms with Gasteiger partial charge in [-0.2, -0.15) is 0 Å². The van der Waals surface area contributed by atoms with Crippen LogP contribution in [0, 0.1) is 0 Å². The summed E-state index contributed by atoms with van der Waals surface area (Å²) in [6.07, 6.45) is 2.33. The Balaban J connectivity index is 1.86. The van der Waals surface area contributed by atoms with E-state index in [1.807, 2.05) is 6.07 Å². The van der Waals surface area contributed by atoms with Gasteiger partial charge in [-0.15, -0.1) is 0 Å². The van der Waals surface area contributed by atoms with Crippen LogP contribution in [0.15, 0.2) is 60.7 Å². The van der Waals surface area contributed by atoms with Crippen LogP contribution in [-0.4, -0.2) is 6.10 Å². The van der Waals surface area contributed by atoms with Crippen molar-refractivity contribution < 1.29 is 4.74 Å². The Morgan fingerprint density at radius 2 is 1.39 bits per heavy atom. The fraction of sp³-hybridized carbons (Fsp3) is 0.294. The van der Waals surface area contributed by atoms with Gasteiger partial charge in [0.15, 0.2) is 0 Å². The Morgan fingerprint density at radius 3 is 1.94 bits per heavy atom. The zero-order chi connectivity index (χ0) is 12.6. The first-order chi connectivity index (χ1) is 8.88. The van der Waals surface area contributed by atoms with Crippen LogP contribution in [0.25, 0.3) is 0 Å². The van der Waals surface area contributed by atoms with Gasteiger partial charge in [-0.1, -0.05) is 67.6 Å². The largest absolute Gasteiger partial charge is 0.373 e. The quantitative estimate of drug-likeness (QED) is 0.734. The van der Waals surface area contributed by atoms with Gasteiger partial charge < -0.3 is 4.74 Å². The summed E-state index contributed by atoms with van der Waals surface area (Å²) in [5.74, 6) is 0. The molecule has 0 spiro atoms. The number of benzene rings is 2. The molecule has 0 N–H and O–H groups in total. The van der Waals surface area contributed by atoms with Crippen LogP contribution in [0.2, 0.25) is 0 Å². The molecule has 0 radical (unpaired) electrons. The molecule has 0 aliphatic carbocycles. The molecule has 1 nitrogen and oxygen atoms in total. The highest BCUT2D eigenvalue weighted by Gasteiger charge is 2.07. The minimum Gasteiger partial charge on any atom is -0.373 e. The molecule has 0 saturated carbocycles. The summed E-state index contributed by atoms with van der Waals surface area (Å²) >= 11 is 0. The van der Waals surface area contributed by atoms with E-state index in [0.717, 1.165) is 12.8 Å². The van der Waals surface area contributed by atoms with Crippen LogP contribution in [0.5, 0.6) is 0 Å². The molecule has 0 heterocycles. The normalized spacial score (nSPS) is 12.3. The van der Waals surface area contributed by atoms with E-state index in [0.29, 0.717) is 12.7 Å². The molecule has 0 aliphatic rings. The minimum atomic E-state index is 0.299. The van der Waals surface area contributed by atoms with Gasteiger partial charge in [-0.25, -0.2) is 0 Å². The Labute approximate surface area is 109 Å². The van der Waals surface area contributed by atoms with Crippen molar-refractivity contribution >= 4 is 0 Å². The van der Waals surface area contributed by atoms with E-state index in [-0.39, 0.29) is 0 Å². The van der Waals surface area contributed by atoms with Crippen LogP contribution < -0.4 is 0 Å². The van der Waals surface area contributed by atoms with E-state index in [4.69, 9.17) is 4.74 Å². The predicted molar refractivity (Wildman–Crippen MR) is 75.5 cm³/mol. The van der Waals surface area contributed by atoms with Crippen molar-refractivity contribution in [2.24, 2.45) is 0 Å². The highest BCUT2D eigenvalue weighted by atomic mass is 16.5. The molecule has 0 aromatic heterocycles. The summed E-state index contributed by atoms with van der Waals surface area (Å²) < 4.78 is 5.98. The van der Waals surface area contributed by atoms with Crippen LogP contribution in [0.4, 0.5) is 0 Å². The Bertz CT molecular complexity index is 436. The van der Waals surface area contributed by atoms with Crippen molar-refractivity contribution in [3.63, 3.8) is 0 Å². The van der Waals surface area contributed by atoms with Gasteiger partial charge >= 0.3 is 0 Å². The van der Waals surface area contributed by atoms with Crippen molar-refractivity contribution in [1.82, 2.24) is 0 Å². The van der Waals surface area contributed by atoms with Crippen molar-refractivity contribution in [2.45, 2.75) is 32.5 Å². The standard InChI is InChI=1S/C17H20O/c1-2-17(13-15-9-5-3-6-10-15)18-14-16-11-7-4-8-12-16/h3-12,17H,2,13-14H2,1H3. The van der Waals surface area contributed by atoms with E-state index in [9.17, 15) is 0 Å². The molecule has 0 fully saturated rings. The lowest BCUT2D eigenvalue weighted by molar-refractivity contribution is 0.0385. The maximum Gasteiger partial charge on any atom is 0.0720 e. The summed E-state index contributed by atoms with van der Waals surface area (Å²) in [6.45, 7) is 2.88. The van der Waals surface area contributed by atoms with Gasteiger partial charge in [-0.3, -0.25) is 0 Å². The molecule has 1 atom stereocenters. The van der Waals surface area contributed by atoms with Gasteiger partial charge in [0.25, 0.3) is 0 Å². The fourth-order valence-corrected chi connectivity index (χ4v) is 1.99. The van der Waals surface area contributed by atoms with Crippen LogP contribution >= 0.6 is 0 Å². The Morgan fingerprint density at radius 1 is 0.833 bits per heavy atom. The molecule has 94 valence electrons. The first-order valence-corrected chi connectivity index (χ1v) is 6.58. The predicted octanol–water partition coefficient (Wildman–Crippen LogP) is 4.22. The van der Waals surface area contributed by atoms with Gasteiger partial charge in [-0.05, 0) is 24.0 Å². The number of hydrogen-bond acceptors (Lipinski definition) is 1. The first-order valence-electron chi connectivity index (χ1n) is 6.58. The third kappa shape index (κ3) is 4.01. The number of hydrogen-bond donors (Lipinski definition) is 0. The second kappa shape index (κ2) is 6.97. The van der Waals surface area contributed by atoms with E-state index < -0.39 is 0 Å². The van der Waals surface area contributed by atoms with Crippen LogP contribution in [0.3, 0.4) is 0 Å². The Kier molecular flexibility index (Phi) is 4.98. The average molecular weight is 240 g/mol. The third-order valence-electron chi connectivity index (χ3n) is 3.09. The summed E-state index contributed by atoms with van der Waals surface area (Å²) in [5, 5.41) is 0. The molecular formula is C17H20O. The van der Waals surface area contributed by atoms with Crippen molar-refractivity contribution in [3.8, 4) is 0 Å². The van der Waals surface area contributed by atoms with Gasteiger partial charge in [0.1, 0.15) is 0 Å². The lowest BCUT2D eigenvalue weighted by Gasteiger charge is -2.16. The molecular weight excluding hydrogens is 220 g/mol. The molecule has 2 rings (SSSR count). The summed E-state index contributed by atoms with van der Waals surface area (Å²) in [5.41, 5.74) is 2.58. The van der Waals surface area contributed by atoms with E-state index in [1.165, 1.54) is 11.1 Å². The zero-order valence-electron chi connectivity index (χ0n) is 10.9. The highest BCUT2D eigenvalue weighted by molar-refractivity contribution is 5.16. The highest BCUT2D eigenvalue weighted by Crippen LogP contribution is 2.11.